The van der Waals surface area contributed by atoms with Crippen molar-refractivity contribution in [2.45, 2.75) is 31.4 Å². The number of thiazole rings is 1. The highest BCUT2D eigenvalue weighted by Gasteiger charge is 2.22. The number of carboxylic acid groups (broad SMARTS) is 1. The van der Waals surface area contributed by atoms with Gasteiger partial charge < -0.3 is 9.52 Å². The van der Waals surface area contributed by atoms with Crippen LogP contribution in [0.5, 0.6) is 0 Å². The van der Waals surface area contributed by atoms with Crippen molar-refractivity contribution >= 4 is 45.1 Å². The topological polar surface area (TPSA) is 106 Å². The van der Waals surface area contributed by atoms with E-state index in [1.165, 1.54) is 5.56 Å². The number of aliphatic carboxylic acids is 1. The Bertz CT molecular complexity index is 1070. The summed E-state index contributed by atoms with van der Waals surface area (Å²) in [5, 5.41) is 17.5. The fraction of sp³-hybridized carbons (Fsp3) is 0.278. The maximum absolute atomic E-state index is 11.5. The maximum Gasteiger partial charge on any atom is 0.312 e. The van der Waals surface area contributed by atoms with Crippen LogP contribution in [0.2, 0.25) is 0 Å². The minimum atomic E-state index is -1.01. The molecule has 0 saturated heterocycles. The van der Waals surface area contributed by atoms with E-state index < -0.39 is 5.97 Å². The zero-order valence-electron chi connectivity index (χ0n) is 14.3. The Kier molecular flexibility index (Phi) is 4.79. The highest BCUT2D eigenvalue weighted by molar-refractivity contribution is 8.04. The summed E-state index contributed by atoms with van der Waals surface area (Å²) in [6.45, 7) is 1.60. The van der Waals surface area contributed by atoms with Gasteiger partial charge in [0.25, 0.3) is 0 Å². The Balaban J connectivity index is 1.50. The number of benzene rings is 1. The summed E-state index contributed by atoms with van der Waals surface area (Å²) in [5.41, 5.74) is 2.07. The molecule has 7 nitrogen and oxygen atoms in total. The van der Waals surface area contributed by atoms with Crippen molar-refractivity contribution in [2.24, 2.45) is 0 Å². The molecular formula is C18H15N3O4S2. The van der Waals surface area contributed by atoms with Gasteiger partial charge in [-0.15, -0.1) is 33.3 Å². The number of Topliss-reactive ketones (excluding diaryl/α,β-unsaturated/α-hetero) is 1. The van der Waals surface area contributed by atoms with Gasteiger partial charge in [-0.3, -0.25) is 9.59 Å². The van der Waals surface area contributed by atoms with E-state index in [-0.39, 0.29) is 23.3 Å². The van der Waals surface area contributed by atoms with Crippen molar-refractivity contribution < 1.29 is 19.1 Å². The number of allylic oxidation sites excluding steroid dienone is 2. The molecule has 0 fully saturated rings. The van der Waals surface area contributed by atoms with Gasteiger partial charge in [-0.25, -0.2) is 4.98 Å². The molecule has 0 spiro atoms. The SMILES string of the molecule is CC(=O)C1=CCC(c2ccc3nc(Cc4nnc(CC(=O)O)o4)sc3c2)S1. The van der Waals surface area contributed by atoms with Crippen LogP contribution in [-0.2, 0) is 22.4 Å². The highest BCUT2D eigenvalue weighted by atomic mass is 32.2. The minimum Gasteiger partial charge on any atom is -0.481 e. The Morgan fingerprint density at radius 2 is 2.11 bits per heavy atom. The first kappa shape index (κ1) is 17.9. The zero-order valence-corrected chi connectivity index (χ0v) is 16.0. The fourth-order valence-electron chi connectivity index (χ4n) is 2.85. The number of ketones is 1. The summed E-state index contributed by atoms with van der Waals surface area (Å²) in [7, 11) is 0. The van der Waals surface area contributed by atoms with Gasteiger partial charge in [-0.1, -0.05) is 12.1 Å². The van der Waals surface area contributed by atoms with E-state index in [4.69, 9.17) is 9.52 Å². The number of hydrogen-bond donors (Lipinski definition) is 1. The second kappa shape index (κ2) is 7.24. The predicted molar refractivity (Wildman–Crippen MR) is 102 cm³/mol. The standard InChI is InChI=1S/C18H15N3O4S2/c1-9(22)12-4-5-13(26-12)10-2-3-11-14(6-10)27-17(19-11)7-15-20-21-16(25-15)8-18(23)24/h2-4,6,13H,5,7-8H2,1H3,(H,23,24). The third kappa shape index (κ3) is 3.93. The first-order chi connectivity index (χ1) is 13.0. The molecule has 3 aromatic rings. The molecule has 0 amide bonds. The van der Waals surface area contributed by atoms with Gasteiger partial charge in [-0.05, 0) is 31.0 Å². The lowest BCUT2D eigenvalue weighted by molar-refractivity contribution is -0.136. The third-order valence-corrected chi connectivity index (χ3v) is 6.55. The lowest BCUT2D eigenvalue weighted by atomic mass is 10.1. The first-order valence-corrected chi connectivity index (χ1v) is 9.97. The number of hydrogen-bond acceptors (Lipinski definition) is 8. The van der Waals surface area contributed by atoms with Crippen molar-refractivity contribution in [3.63, 3.8) is 0 Å². The molecule has 2 aromatic heterocycles. The molecule has 138 valence electrons. The second-order valence-corrected chi connectivity index (χ2v) is 8.50. The van der Waals surface area contributed by atoms with Crippen molar-refractivity contribution in [3.8, 4) is 0 Å². The van der Waals surface area contributed by atoms with E-state index in [1.807, 2.05) is 12.1 Å². The van der Waals surface area contributed by atoms with Crippen LogP contribution in [0, 0.1) is 0 Å². The summed E-state index contributed by atoms with van der Waals surface area (Å²) in [6, 6.07) is 6.16. The van der Waals surface area contributed by atoms with Crippen molar-refractivity contribution in [1.82, 2.24) is 15.2 Å². The fourth-order valence-corrected chi connectivity index (χ4v) is 5.00. The minimum absolute atomic E-state index is 0.0907. The molecule has 4 rings (SSSR count). The van der Waals surface area contributed by atoms with E-state index in [0.29, 0.717) is 12.3 Å². The molecule has 1 atom stereocenters. The smallest absolute Gasteiger partial charge is 0.312 e. The summed E-state index contributed by atoms with van der Waals surface area (Å²) >= 11 is 3.16. The molecule has 0 saturated carbocycles. The molecular weight excluding hydrogens is 386 g/mol. The molecule has 3 heterocycles. The molecule has 1 aromatic carbocycles. The van der Waals surface area contributed by atoms with Gasteiger partial charge in [-0.2, -0.15) is 0 Å². The first-order valence-electron chi connectivity index (χ1n) is 8.28. The van der Waals surface area contributed by atoms with Gasteiger partial charge in [0.15, 0.2) is 5.78 Å². The lowest BCUT2D eigenvalue weighted by Gasteiger charge is -2.09. The van der Waals surface area contributed by atoms with Crippen LogP contribution in [0.15, 0.2) is 33.6 Å². The average molecular weight is 401 g/mol. The molecule has 27 heavy (non-hydrogen) atoms. The molecule has 1 aliphatic heterocycles. The van der Waals surface area contributed by atoms with Crippen molar-refractivity contribution in [1.29, 1.82) is 0 Å². The second-order valence-electron chi connectivity index (χ2n) is 6.14. The van der Waals surface area contributed by atoms with Gasteiger partial charge in [0, 0.05) is 10.2 Å². The molecule has 0 bridgehead atoms. The Morgan fingerprint density at radius 3 is 2.85 bits per heavy atom. The van der Waals surface area contributed by atoms with E-state index in [0.717, 1.165) is 26.6 Å². The monoisotopic (exact) mass is 401 g/mol. The largest absolute Gasteiger partial charge is 0.481 e. The molecule has 1 aliphatic rings. The van der Waals surface area contributed by atoms with E-state index >= 15 is 0 Å². The molecule has 1 unspecified atom stereocenters. The lowest BCUT2D eigenvalue weighted by Crippen LogP contribution is -1.99. The van der Waals surface area contributed by atoms with Crippen LogP contribution in [0.1, 0.15) is 40.9 Å². The van der Waals surface area contributed by atoms with E-state index in [1.54, 1.807) is 30.0 Å². The highest BCUT2D eigenvalue weighted by Crippen LogP contribution is 2.44. The Labute approximate surface area is 162 Å². The zero-order chi connectivity index (χ0) is 19.0. The number of aromatic nitrogens is 3. The number of carbonyl (C=O) groups is 2. The summed E-state index contributed by atoms with van der Waals surface area (Å²) in [5.74, 6) is -0.449. The van der Waals surface area contributed by atoms with Crippen LogP contribution in [0.25, 0.3) is 10.2 Å². The third-order valence-electron chi connectivity index (χ3n) is 4.08. The number of fused-ring (bicyclic) bond motifs is 1. The average Bonchev–Trinajstić information content (AvgIpc) is 3.32. The molecule has 0 aliphatic carbocycles. The number of thioether (sulfide) groups is 1. The number of nitrogens with zero attached hydrogens (tertiary/aromatic N) is 3. The van der Waals surface area contributed by atoms with Crippen molar-refractivity contribution in [2.75, 3.05) is 0 Å². The van der Waals surface area contributed by atoms with E-state index in [9.17, 15) is 9.59 Å². The van der Waals surface area contributed by atoms with Crippen molar-refractivity contribution in [3.05, 3.63) is 51.5 Å². The van der Waals surface area contributed by atoms with Crippen LogP contribution in [0.3, 0.4) is 0 Å². The van der Waals surface area contributed by atoms with Crippen LogP contribution >= 0.6 is 23.1 Å². The summed E-state index contributed by atoms with van der Waals surface area (Å²) < 4.78 is 6.41. The maximum atomic E-state index is 11.5. The normalized spacial score (nSPS) is 16.6. The molecule has 1 N–H and O–H groups in total. The quantitative estimate of drug-likeness (QED) is 0.668. The molecule has 9 heteroatoms. The number of carbonyl (C=O) groups excluding carboxylic acids is 1. The van der Waals surface area contributed by atoms with Crippen LogP contribution < -0.4 is 0 Å². The van der Waals surface area contributed by atoms with E-state index in [2.05, 4.69) is 27.3 Å². The summed E-state index contributed by atoms with van der Waals surface area (Å²) in [4.78, 5) is 27.6. The Morgan fingerprint density at radius 1 is 1.30 bits per heavy atom. The van der Waals surface area contributed by atoms with Gasteiger partial charge in [0.05, 0.1) is 16.6 Å². The van der Waals surface area contributed by atoms with Crippen LogP contribution in [-0.4, -0.2) is 32.0 Å². The van der Waals surface area contributed by atoms with Crippen LogP contribution in [0.4, 0.5) is 0 Å². The summed E-state index contributed by atoms with van der Waals surface area (Å²) in [6.07, 6.45) is 2.94. The van der Waals surface area contributed by atoms with Gasteiger partial charge in [0.2, 0.25) is 11.8 Å². The number of carboxylic acids is 1. The van der Waals surface area contributed by atoms with Gasteiger partial charge >= 0.3 is 5.97 Å². The predicted octanol–water partition coefficient (Wildman–Crippen LogP) is 3.55. The molecule has 0 radical (unpaired) electrons. The van der Waals surface area contributed by atoms with Gasteiger partial charge in [0.1, 0.15) is 11.4 Å². The number of rotatable bonds is 6. The Hall–Kier alpha value is -2.52.